The van der Waals surface area contributed by atoms with Crippen LogP contribution < -0.4 is 0 Å². The predicted molar refractivity (Wildman–Crippen MR) is 69.0 cm³/mol. The second-order valence-corrected chi connectivity index (χ2v) is 6.36. The van der Waals surface area contributed by atoms with E-state index in [4.69, 9.17) is 9.47 Å². The summed E-state index contributed by atoms with van der Waals surface area (Å²) < 4.78 is 19.3. The predicted octanol–water partition coefficient (Wildman–Crippen LogP) is 0.433. The number of fused-ring (bicyclic) bond motifs is 3. The van der Waals surface area contributed by atoms with Crippen LogP contribution in [0.1, 0.15) is 18.0 Å². The summed E-state index contributed by atoms with van der Waals surface area (Å²) in [6, 6.07) is 0. The van der Waals surface area contributed by atoms with E-state index in [9.17, 15) is 9.59 Å². The molecule has 0 aromatic carbocycles. The Morgan fingerprint density at radius 1 is 1.35 bits per heavy atom. The van der Waals surface area contributed by atoms with Crippen molar-refractivity contribution in [3.05, 3.63) is 5.69 Å². The molecule has 0 radical (unpaired) electrons. The summed E-state index contributed by atoms with van der Waals surface area (Å²) in [5, 5.41) is 0.812. The van der Waals surface area contributed by atoms with Crippen LogP contribution in [-0.4, -0.2) is 50.8 Å². The average molecular weight is 313 g/mol. The van der Waals surface area contributed by atoms with Gasteiger partial charge in [0.05, 0.1) is 11.7 Å². The third kappa shape index (κ3) is 1.45. The van der Waals surface area contributed by atoms with Crippen molar-refractivity contribution in [2.24, 2.45) is 5.92 Å². The van der Waals surface area contributed by atoms with Gasteiger partial charge in [-0.2, -0.15) is 8.75 Å². The molecule has 0 amide bonds. The quantitative estimate of drug-likeness (QED) is 0.442. The number of carbonyl (C=O) groups excluding carboxylic acids is 2. The lowest BCUT2D eigenvalue weighted by molar-refractivity contribution is -0.249. The van der Waals surface area contributed by atoms with E-state index >= 15 is 0 Å². The minimum atomic E-state index is -1.29. The van der Waals surface area contributed by atoms with E-state index in [1.165, 1.54) is 11.8 Å². The van der Waals surface area contributed by atoms with Crippen LogP contribution in [0.4, 0.5) is 0 Å². The smallest absolute Gasteiger partial charge is 0.399 e. The highest BCUT2D eigenvalue weighted by Gasteiger charge is 2.68. The molecule has 7 nitrogen and oxygen atoms in total. The molecule has 3 aliphatic rings. The van der Waals surface area contributed by atoms with Crippen molar-refractivity contribution in [1.29, 1.82) is 0 Å². The third-order valence-electron chi connectivity index (χ3n) is 4.14. The molecule has 3 saturated heterocycles. The maximum Gasteiger partial charge on any atom is 0.421 e. The number of piperidine rings is 1. The highest BCUT2D eigenvalue weighted by Crippen LogP contribution is 2.55. The van der Waals surface area contributed by atoms with Crippen LogP contribution in [0.2, 0.25) is 0 Å². The molecule has 9 heteroatoms. The molecule has 1 aromatic heterocycles. The first kappa shape index (κ1) is 12.5. The minimum Gasteiger partial charge on any atom is -0.399 e. The maximum absolute atomic E-state index is 11.5. The van der Waals surface area contributed by atoms with Gasteiger partial charge in [0, 0.05) is 13.1 Å². The molecule has 1 aromatic rings. The van der Waals surface area contributed by atoms with Gasteiger partial charge in [-0.25, -0.2) is 14.5 Å². The Bertz CT molecular complexity index is 588. The largest absolute Gasteiger partial charge is 0.421 e. The molecule has 4 rings (SSSR count). The standard InChI is InChI=1S/C11H11N3O4S2/c1-19-8-7(12-20-13-8)6-5-2-3-14(4-5)11(6)17-9(15)10(16)18-11/h5-6H,2-4H2,1H3. The van der Waals surface area contributed by atoms with Gasteiger partial charge in [-0.1, -0.05) is 0 Å². The van der Waals surface area contributed by atoms with E-state index in [1.807, 2.05) is 11.2 Å². The molecule has 0 saturated carbocycles. The lowest BCUT2D eigenvalue weighted by Gasteiger charge is -2.37. The molecule has 3 atom stereocenters. The fourth-order valence-electron chi connectivity index (χ4n) is 3.38. The lowest BCUT2D eigenvalue weighted by Crippen LogP contribution is -2.50. The van der Waals surface area contributed by atoms with E-state index < -0.39 is 17.8 Å². The Labute approximate surface area is 122 Å². The summed E-state index contributed by atoms with van der Waals surface area (Å²) >= 11 is 2.63. The van der Waals surface area contributed by atoms with Gasteiger partial charge in [0.2, 0.25) is 0 Å². The Kier molecular flexibility index (Phi) is 2.60. The van der Waals surface area contributed by atoms with E-state index in [0.29, 0.717) is 0 Å². The van der Waals surface area contributed by atoms with Gasteiger partial charge in [-0.3, -0.25) is 0 Å². The van der Waals surface area contributed by atoms with Crippen molar-refractivity contribution < 1.29 is 19.1 Å². The third-order valence-corrected chi connectivity index (χ3v) is 5.49. The van der Waals surface area contributed by atoms with Crippen molar-refractivity contribution >= 4 is 35.4 Å². The number of carbonyl (C=O) groups is 2. The topological polar surface area (TPSA) is 81.6 Å². The monoisotopic (exact) mass is 313 g/mol. The van der Waals surface area contributed by atoms with E-state index in [0.717, 1.165) is 42.0 Å². The molecule has 3 fully saturated rings. The van der Waals surface area contributed by atoms with E-state index in [-0.39, 0.29) is 11.8 Å². The van der Waals surface area contributed by atoms with Crippen LogP contribution in [-0.2, 0) is 19.1 Å². The maximum atomic E-state index is 11.5. The zero-order chi connectivity index (χ0) is 13.9. The van der Waals surface area contributed by atoms with Gasteiger partial charge in [0.25, 0.3) is 0 Å². The Hall–Kier alpha value is -1.19. The van der Waals surface area contributed by atoms with Crippen LogP contribution in [0.3, 0.4) is 0 Å². The molecule has 106 valence electrons. The zero-order valence-electron chi connectivity index (χ0n) is 10.6. The first-order valence-corrected chi connectivity index (χ1v) is 8.19. The van der Waals surface area contributed by atoms with Crippen LogP contribution in [0.15, 0.2) is 5.03 Å². The number of ether oxygens (including phenoxy) is 2. The fraction of sp³-hybridized carbons (Fsp3) is 0.636. The lowest BCUT2D eigenvalue weighted by atomic mass is 9.87. The molecule has 2 bridgehead atoms. The second kappa shape index (κ2) is 4.15. The number of nitrogens with zero attached hydrogens (tertiary/aromatic N) is 3. The highest BCUT2D eigenvalue weighted by atomic mass is 32.2. The summed E-state index contributed by atoms with van der Waals surface area (Å²) in [5.41, 5.74) is 0.775. The van der Waals surface area contributed by atoms with Crippen molar-refractivity contribution in [3.63, 3.8) is 0 Å². The molecule has 0 aliphatic carbocycles. The van der Waals surface area contributed by atoms with Crippen molar-refractivity contribution in [3.8, 4) is 0 Å². The summed E-state index contributed by atoms with van der Waals surface area (Å²) in [5.74, 6) is -3.11. The van der Waals surface area contributed by atoms with Crippen molar-refractivity contribution in [2.75, 3.05) is 19.3 Å². The molecular weight excluding hydrogens is 302 g/mol. The normalized spacial score (nSPS) is 33.8. The average Bonchev–Trinajstić information content (AvgIpc) is 3.15. The van der Waals surface area contributed by atoms with Gasteiger partial charge in [0.1, 0.15) is 16.6 Å². The second-order valence-electron chi connectivity index (χ2n) is 5.04. The van der Waals surface area contributed by atoms with Gasteiger partial charge < -0.3 is 9.47 Å². The van der Waals surface area contributed by atoms with E-state index in [1.54, 1.807) is 0 Å². The number of esters is 2. The Balaban J connectivity index is 1.81. The number of aromatic nitrogens is 2. The summed E-state index contributed by atoms with van der Waals surface area (Å²) in [7, 11) is 0. The summed E-state index contributed by atoms with van der Waals surface area (Å²) in [6.07, 6.45) is 2.90. The number of hydrogen-bond donors (Lipinski definition) is 0. The zero-order valence-corrected chi connectivity index (χ0v) is 12.2. The molecule has 3 aliphatic heterocycles. The van der Waals surface area contributed by atoms with Gasteiger partial charge in [0.15, 0.2) is 0 Å². The number of thioether (sulfide) groups is 1. The van der Waals surface area contributed by atoms with Crippen LogP contribution >= 0.6 is 23.5 Å². The molecule has 0 N–H and O–H groups in total. The molecule has 1 spiro atoms. The van der Waals surface area contributed by atoms with Crippen LogP contribution in [0, 0.1) is 5.92 Å². The van der Waals surface area contributed by atoms with Crippen LogP contribution in [0.5, 0.6) is 0 Å². The van der Waals surface area contributed by atoms with Gasteiger partial charge in [-0.15, -0.1) is 11.8 Å². The highest BCUT2D eigenvalue weighted by molar-refractivity contribution is 7.98. The fourth-order valence-corrected chi connectivity index (χ4v) is 4.71. The van der Waals surface area contributed by atoms with Gasteiger partial charge >= 0.3 is 17.8 Å². The van der Waals surface area contributed by atoms with Gasteiger partial charge in [-0.05, 0) is 18.6 Å². The summed E-state index contributed by atoms with van der Waals surface area (Å²) in [4.78, 5) is 25.0. The van der Waals surface area contributed by atoms with Crippen LogP contribution in [0.25, 0.3) is 0 Å². The molecule has 4 heterocycles. The molecular formula is C11H11N3O4S2. The number of rotatable bonds is 2. The van der Waals surface area contributed by atoms with Crippen molar-refractivity contribution in [1.82, 2.24) is 13.6 Å². The Morgan fingerprint density at radius 2 is 2.10 bits per heavy atom. The SMILES string of the molecule is CSc1nsnc1C1C2CCN(C2)C12OC(=O)C(=O)O2. The minimum absolute atomic E-state index is 0.243. The molecule has 20 heavy (non-hydrogen) atoms. The summed E-state index contributed by atoms with van der Waals surface area (Å²) in [6.45, 7) is 1.50. The Morgan fingerprint density at radius 3 is 2.80 bits per heavy atom. The molecule has 3 unspecified atom stereocenters. The van der Waals surface area contributed by atoms with Crippen molar-refractivity contribution in [2.45, 2.75) is 23.3 Å². The van der Waals surface area contributed by atoms with E-state index in [2.05, 4.69) is 8.75 Å². The number of hydrogen-bond acceptors (Lipinski definition) is 9. The first-order chi connectivity index (χ1) is 9.65. The first-order valence-electron chi connectivity index (χ1n) is 6.23.